The van der Waals surface area contributed by atoms with Crippen molar-refractivity contribution in [1.82, 2.24) is 23.9 Å². The van der Waals surface area contributed by atoms with Gasteiger partial charge in [-0.1, -0.05) is 13.8 Å². The molecule has 1 aliphatic heterocycles. The Morgan fingerprint density at radius 3 is 2.63 bits per heavy atom. The third-order valence-corrected chi connectivity index (χ3v) is 7.04. The summed E-state index contributed by atoms with van der Waals surface area (Å²) in [5.41, 5.74) is -0.0522. The average molecular weight is 439 g/mol. The van der Waals surface area contributed by atoms with E-state index in [9.17, 15) is 21.6 Å². The Kier molecular flexibility index (Phi) is 5.05. The van der Waals surface area contributed by atoms with Crippen LogP contribution in [0.1, 0.15) is 49.2 Å². The van der Waals surface area contributed by atoms with Gasteiger partial charge in [0.15, 0.2) is 5.65 Å². The van der Waals surface area contributed by atoms with Crippen LogP contribution in [0.15, 0.2) is 41.6 Å². The molecule has 11 heteroatoms. The van der Waals surface area contributed by atoms with Crippen molar-refractivity contribution in [3.63, 3.8) is 0 Å². The summed E-state index contributed by atoms with van der Waals surface area (Å²) in [7, 11) is -3.72. The monoisotopic (exact) mass is 439 g/mol. The lowest BCUT2D eigenvalue weighted by Gasteiger charge is -2.15. The van der Waals surface area contributed by atoms with Crippen LogP contribution in [-0.4, -0.2) is 45.4 Å². The molecule has 0 N–H and O–H groups in total. The Balaban J connectivity index is 1.68. The average Bonchev–Trinajstić information content (AvgIpc) is 3.34. The number of pyridine rings is 1. The van der Waals surface area contributed by atoms with Crippen LogP contribution in [0.3, 0.4) is 0 Å². The van der Waals surface area contributed by atoms with E-state index >= 15 is 0 Å². The minimum atomic E-state index is -4.58. The molecule has 4 heterocycles. The predicted molar refractivity (Wildman–Crippen MR) is 102 cm³/mol. The molecule has 0 spiro atoms. The first kappa shape index (κ1) is 20.7. The van der Waals surface area contributed by atoms with Crippen LogP contribution >= 0.6 is 0 Å². The molecule has 0 unspecified atom stereocenters. The van der Waals surface area contributed by atoms with E-state index in [-0.39, 0.29) is 35.5 Å². The number of hydrogen-bond acceptors (Lipinski definition) is 5. The summed E-state index contributed by atoms with van der Waals surface area (Å²) in [6, 6.07) is 5.54. The van der Waals surface area contributed by atoms with Crippen LogP contribution in [0.2, 0.25) is 0 Å². The fourth-order valence-electron chi connectivity index (χ4n) is 3.55. The van der Waals surface area contributed by atoms with Gasteiger partial charge in [-0.05, 0) is 30.5 Å². The van der Waals surface area contributed by atoms with Gasteiger partial charge in [0.2, 0.25) is 10.0 Å². The standard InChI is InChI=1S/C19H20F3N5O2S/c1-12(2)15-8-17(19(20,21)22)27-18(24-15)9-16(25-27)13-5-7-26(11-13)30(28,29)14-4-3-6-23-10-14/h3-4,6,8-10,12-13H,5,7,11H2,1-2H3/t13-/m1/s1. The number of rotatable bonds is 4. The van der Waals surface area contributed by atoms with E-state index in [0.29, 0.717) is 17.8 Å². The molecule has 0 radical (unpaired) electrons. The van der Waals surface area contributed by atoms with Gasteiger partial charge in [-0.3, -0.25) is 4.98 Å². The molecule has 30 heavy (non-hydrogen) atoms. The highest BCUT2D eigenvalue weighted by atomic mass is 32.2. The molecule has 7 nitrogen and oxygen atoms in total. The van der Waals surface area contributed by atoms with Gasteiger partial charge in [-0.15, -0.1) is 0 Å². The summed E-state index contributed by atoms with van der Waals surface area (Å²) in [5.74, 6) is -0.497. The van der Waals surface area contributed by atoms with Crippen molar-refractivity contribution in [1.29, 1.82) is 0 Å². The van der Waals surface area contributed by atoms with Gasteiger partial charge in [-0.25, -0.2) is 17.9 Å². The predicted octanol–water partition coefficient (Wildman–Crippen LogP) is 3.44. The van der Waals surface area contributed by atoms with Crippen molar-refractivity contribution in [2.75, 3.05) is 13.1 Å². The number of alkyl halides is 3. The smallest absolute Gasteiger partial charge is 0.263 e. The minimum Gasteiger partial charge on any atom is -0.263 e. The largest absolute Gasteiger partial charge is 0.433 e. The summed E-state index contributed by atoms with van der Waals surface area (Å²) in [5, 5.41) is 4.15. The Hall–Kier alpha value is -2.53. The molecule has 1 atom stereocenters. The van der Waals surface area contributed by atoms with E-state index in [1.54, 1.807) is 19.9 Å². The summed E-state index contributed by atoms with van der Waals surface area (Å²) in [4.78, 5) is 8.25. The van der Waals surface area contributed by atoms with E-state index in [0.717, 1.165) is 10.6 Å². The topological polar surface area (TPSA) is 80.5 Å². The lowest BCUT2D eigenvalue weighted by Crippen LogP contribution is -2.28. The Labute approximate surface area is 171 Å². The van der Waals surface area contributed by atoms with Crippen molar-refractivity contribution in [3.05, 3.63) is 53.7 Å². The quantitative estimate of drug-likeness (QED) is 0.622. The second-order valence-corrected chi connectivity index (χ2v) is 9.53. The first-order valence-electron chi connectivity index (χ1n) is 9.45. The van der Waals surface area contributed by atoms with Crippen molar-refractivity contribution in [3.8, 4) is 0 Å². The Morgan fingerprint density at radius 1 is 1.23 bits per heavy atom. The number of sulfonamides is 1. The number of hydrogen-bond donors (Lipinski definition) is 0. The van der Waals surface area contributed by atoms with Crippen LogP contribution in [0.5, 0.6) is 0 Å². The van der Waals surface area contributed by atoms with Crippen LogP contribution < -0.4 is 0 Å². The van der Waals surface area contributed by atoms with Crippen molar-refractivity contribution in [2.45, 2.75) is 43.2 Å². The Morgan fingerprint density at radius 2 is 2.00 bits per heavy atom. The second kappa shape index (κ2) is 7.31. The molecular weight excluding hydrogens is 419 g/mol. The molecule has 0 aromatic carbocycles. The van der Waals surface area contributed by atoms with Gasteiger partial charge in [0, 0.05) is 43.2 Å². The van der Waals surface area contributed by atoms with Gasteiger partial charge < -0.3 is 0 Å². The highest BCUT2D eigenvalue weighted by Crippen LogP contribution is 2.34. The molecule has 0 amide bonds. The maximum atomic E-state index is 13.6. The van der Waals surface area contributed by atoms with Crippen molar-refractivity contribution < 1.29 is 21.6 Å². The molecule has 4 rings (SSSR count). The number of halogens is 3. The summed E-state index contributed by atoms with van der Waals surface area (Å²) >= 11 is 0. The minimum absolute atomic E-state index is 0.0863. The van der Waals surface area contributed by atoms with Crippen molar-refractivity contribution >= 4 is 15.7 Å². The fourth-order valence-corrected chi connectivity index (χ4v) is 5.01. The molecule has 0 saturated carbocycles. The zero-order valence-corrected chi connectivity index (χ0v) is 17.2. The van der Waals surface area contributed by atoms with E-state index in [4.69, 9.17) is 0 Å². The van der Waals surface area contributed by atoms with E-state index in [2.05, 4.69) is 15.1 Å². The zero-order valence-electron chi connectivity index (χ0n) is 16.3. The SMILES string of the molecule is CC(C)c1cc(C(F)(F)F)n2nc([C@@H]3CCN(S(=O)(=O)c4cccnc4)C3)cc2n1. The summed E-state index contributed by atoms with van der Waals surface area (Å²) in [6.45, 7) is 3.94. The molecular formula is C19H20F3N5O2S. The molecule has 3 aromatic heterocycles. The van der Waals surface area contributed by atoms with Crippen LogP contribution in [0, 0.1) is 0 Å². The highest BCUT2D eigenvalue weighted by molar-refractivity contribution is 7.89. The van der Waals surface area contributed by atoms with E-state index in [1.807, 2.05) is 0 Å². The molecule has 1 fully saturated rings. The summed E-state index contributed by atoms with van der Waals surface area (Å²) in [6.07, 6.45) is -1.36. The fraction of sp³-hybridized carbons (Fsp3) is 0.421. The zero-order chi connectivity index (χ0) is 21.7. The highest BCUT2D eigenvalue weighted by Gasteiger charge is 2.37. The molecule has 0 aliphatic carbocycles. The second-order valence-electron chi connectivity index (χ2n) is 7.60. The van der Waals surface area contributed by atoms with Crippen LogP contribution in [-0.2, 0) is 16.2 Å². The van der Waals surface area contributed by atoms with Gasteiger partial charge >= 0.3 is 6.18 Å². The van der Waals surface area contributed by atoms with E-state index < -0.39 is 21.9 Å². The lowest BCUT2D eigenvalue weighted by molar-refractivity contribution is -0.142. The first-order valence-corrected chi connectivity index (χ1v) is 10.9. The summed E-state index contributed by atoms with van der Waals surface area (Å²) < 4.78 is 68.4. The molecule has 1 aliphatic rings. The maximum absolute atomic E-state index is 13.6. The van der Waals surface area contributed by atoms with E-state index in [1.165, 1.54) is 28.8 Å². The number of aromatic nitrogens is 4. The normalized spacial score (nSPS) is 18.5. The van der Waals surface area contributed by atoms with Gasteiger partial charge in [0.1, 0.15) is 10.6 Å². The number of nitrogens with zero attached hydrogens (tertiary/aromatic N) is 5. The van der Waals surface area contributed by atoms with Crippen LogP contribution in [0.25, 0.3) is 5.65 Å². The van der Waals surface area contributed by atoms with Gasteiger partial charge in [0.25, 0.3) is 0 Å². The molecule has 160 valence electrons. The third kappa shape index (κ3) is 3.67. The molecule has 0 bridgehead atoms. The number of fused-ring (bicyclic) bond motifs is 1. The van der Waals surface area contributed by atoms with Gasteiger partial charge in [0.05, 0.1) is 5.69 Å². The Bertz CT molecular complexity index is 1180. The van der Waals surface area contributed by atoms with Crippen LogP contribution in [0.4, 0.5) is 13.2 Å². The maximum Gasteiger partial charge on any atom is 0.433 e. The van der Waals surface area contributed by atoms with Gasteiger partial charge in [-0.2, -0.15) is 22.6 Å². The molecule has 1 saturated heterocycles. The first-order chi connectivity index (χ1) is 14.1. The molecule has 3 aromatic rings. The lowest BCUT2D eigenvalue weighted by atomic mass is 10.1. The van der Waals surface area contributed by atoms with Crippen molar-refractivity contribution in [2.24, 2.45) is 0 Å². The third-order valence-electron chi connectivity index (χ3n) is 5.19.